The van der Waals surface area contributed by atoms with Crippen LogP contribution in [-0.4, -0.2) is 41.7 Å². The minimum Gasteiger partial charge on any atom is -0.380 e. The predicted octanol–water partition coefficient (Wildman–Crippen LogP) is 1.60. The number of methoxy groups -OCH3 is 1. The minimum atomic E-state index is -4.51. The van der Waals surface area contributed by atoms with Gasteiger partial charge < -0.3 is 15.8 Å². The van der Waals surface area contributed by atoms with Crippen molar-refractivity contribution in [1.29, 1.82) is 0 Å². The van der Waals surface area contributed by atoms with Gasteiger partial charge in [-0.15, -0.1) is 0 Å². The lowest BCUT2D eigenvalue weighted by Crippen LogP contribution is -2.45. The maximum absolute atomic E-state index is 12.8. The first kappa shape index (κ1) is 19.6. The van der Waals surface area contributed by atoms with Crippen LogP contribution < -0.4 is 11.1 Å². The van der Waals surface area contributed by atoms with E-state index >= 15 is 0 Å². The molecule has 25 heavy (non-hydrogen) atoms. The van der Waals surface area contributed by atoms with Gasteiger partial charge in [-0.25, -0.2) is 9.97 Å². The third kappa shape index (κ3) is 5.37. The van der Waals surface area contributed by atoms with Gasteiger partial charge in [0.05, 0.1) is 6.10 Å². The first-order valence-electron chi connectivity index (χ1n) is 8.18. The SMILES string of the molecule is CO[C@@H]1CC[C@H](C(=O)NCCc2nc(C)cc(C(F)(F)F)n2)C[C@H]1N. The number of carbonyl (C=O) groups is 1. The molecule has 0 bridgehead atoms. The Morgan fingerprint density at radius 2 is 2.12 bits per heavy atom. The quantitative estimate of drug-likeness (QED) is 0.833. The van der Waals surface area contributed by atoms with E-state index in [9.17, 15) is 18.0 Å². The average Bonchev–Trinajstić information content (AvgIpc) is 2.53. The molecule has 3 N–H and O–H groups in total. The Balaban J connectivity index is 1.86. The summed E-state index contributed by atoms with van der Waals surface area (Å²) in [4.78, 5) is 19.7. The molecule has 1 aliphatic carbocycles. The number of aromatic nitrogens is 2. The maximum atomic E-state index is 12.8. The highest BCUT2D eigenvalue weighted by molar-refractivity contribution is 5.78. The second-order valence-electron chi connectivity index (χ2n) is 6.30. The number of ether oxygens (including phenoxy) is 1. The second kappa shape index (κ2) is 8.09. The molecular weight excluding hydrogens is 337 g/mol. The van der Waals surface area contributed by atoms with E-state index in [1.54, 1.807) is 7.11 Å². The number of rotatable bonds is 5. The highest BCUT2D eigenvalue weighted by Gasteiger charge is 2.33. The molecule has 140 valence electrons. The fraction of sp³-hybridized carbons (Fsp3) is 0.688. The Hall–Kier alpha value is -1.74. The van der Waals surface area contributed by atoms with Crippen LogP contribution in [0.25, 0.3) is 0 Å². The molecule has 9 heteroatoms. The third-order valence-corrected chi connectivity index (χ3v) is 4.35. The summed E-state index contributed by atoms with van der Waals surface area (Å²) in [6, 6.07) is 0.710. The smallest absolute Gasteiger partial charge is 0.380 e. The van der Waals surface area contributed by atoms with Crippen LogP contribution in [0.2, 0.25) is 0 Å². The number of alkyl halides is 3. The van der Waals surface area contributed by atoms with E-state index in [4.69, 9.17) is 10.5 Å². The van der Waals surface area contributed by atoms with Crippen LogP contribution in [0.5, 0.6) is 0 Å². The van der Waals surface area contributed by atoms with Gasteiger partial charge in [0.15, 0.2) is 0 Å². The number of carbonyl (C=O) groups excluding carboxylic acids is 1. The Bertz CT molecular complexity index is 610. The zero-order valence-electron chi connectivity index (χ0n) is 14.3. The number of nitrogens with zero attached hydrogens (tertiary/aromatic N) is 2. The molecule has 0 unspecified atom stereocenters. The maximum Gasteiger partial charge on any atom is 0.433 e. The fourth-order valence-corrected chi connectivity index (χ4v) is 3.04. The van der Waals surface area contributed by atoms with E-state index in [1.165, 1.54) is 6.92 Å². The molecule has 1 fully saturated rings. The van der Waals surface area contributed by atoms with E-state index in [1.807, 2.05) is 0 Å². The molecule has 1 aromatic heterocycles. The van der Waals surface area contributed by atoms with Crippen LogP contribution in [0, 0.1) is 12.8 Å². The van der Waals surface area contributed by atoms with Crippen molar-refractivity contribution in [1.82, 2.24) is 15.3 Å². The zero-order valence-corrected chi connectivity index (χ0v) is 14.3. The van der Waals surface area contributed by atoms with Crippen molar-refractivity contribution in [2.45, 2.75) is 50.9 Å². The monoisotopic (exact) mass is 360 g/mol. The summed E-state index contributed by atoms with van der Waals surface area (Å²) in [6.45, 7) is 1.66. The van der Waals surface area contributed by atoms with Crippen molar-refractivity contribution in [3.63, 3.8) is 0 Å². The van der Waals surface area contributed by atoms with Gasteiger partial charge in [-0.05, 0) is 32.3 Å². The van der Waals surface area contributed by atoms with Crippen LogP contribution in [0.1, 0.15) is 36.5 Å². The summed E-state index contributed by atoms with van der Waals surface area (Å²) in [5, 5.41) is 2.74. The van der Waals surface area contributed by atoms with E-state index in [-0.39, 0.29) is 48.5 Å². The molecule has 0 aromatic carbocycles. The molecule has 6 nitrogen and oxygen atoms in total. The van der Waals surface area contributed by atoms with Crippen molar-refractivity contribution in [2.75, 3.05) is 13.7 Å². The summed E-state index contributed by atoms with van der Waals surface area (Å²) in [5.41, 5.74) is 5.26. The lowest BCUT2D eigenvalue weighted by Gasteiger charge is -2.32. The van der Waals surface area contributed by atoms with Gasteiger partial charge in [0.1, 0.15) is 11.5 Å². The van der Waals surface area contributed by atoms with Gasteiger partial charge >= 0.3 is 6.18 Å². The summed E-state index contributed by atoms with van der Waals surface area (Å²) in [7, 11) is 1.60. The van der Waals surface area contributed by atoms with Crippen molar-refractivity contribution in [3.8, 4) is 0 Å². The van der Waals surface area contributed by atoms with Gasteiger partial charge in [-0.2, -0.15) is 13.2 Å². The first-order valence-corrected chi connectivity index (χ1v) is 8.18. The molecule has 1 aromatic rings. The van der Waals surface area contributed by atoms with Crippen molar-refractivity contribution in [2.24, 2.45) is 11.7 Å². The predicted molar refractivity (Wildman–Crippen MR) is 84.6 cm³/mol. The fourth-order valence-electron chi connectivity index (χ4n) is 3.04. The lowest BCUT2D eigenvalue weighted by molar-refractivity contribution is -0.141. The summed E-state index contributed by atoms with van der Waals surface area (Å²) in [5.74, 6) is -0.285. The molecule has 0 aliphatic heterocycles. The van der Waals surface area contributed by atoms with Crippen LogP contribution >= 0.6 is 0 Å². The number of hydrogen-bond donors (Lipinski definition) is 2. The van der Waals surface area contributed by atoms with Crippen molar-refractivity contribution in [3.05, 3.63) is 23.3 Å². The molecule has 0 saturated heterocycles. The molecule has 1 amide bonds. The van der Waals surface area contributed by atoms with Crippen LogP contribution in [-0.2, 0) is 22.1 Å². The summed E-state index contributed by atoms with van der Waals surface area (Å²) < 4.78 is 43.5. The Morgan fingerprint density at radius 1 is 1.40 bits per heavy atom. The number of halogens is 3. The van der Waals surface area contributed by atoms with Gasteiger partial charge in [-0.3, -0.25) is 4.79 Å². The highest BCUT2D eigenvalue weighted by Crippen LogP contribution is 2.28. The molecule has 1 saturated carbocycles. The van der Waals surface area contributed by atoms with Crippen molar-refractivity contribution >= 4 is 5.91 Å². The molecule has 1 aliphatic rings. The molecule has 1 heterocycles. The Kier molecular flexibility index (Phi) is 6.34. The Labute approximate surface area is 144 Å². The summed E-state index contributed by atoms with van der Waals surface area (Å²) >= 11 is 0. The molecule has 0 radical (unpaired) electrons. The largest absolute Gasteiger partial charge is 0.433 e. The standard InChI is InChI=1S/C16H23F3N4O2/c1-9-7-13(16(17,18)19)23-14(22-9)5-6-21-15(24)10-3-4-12(25-2)11(20)8-10/h7,10-12H,3-6,8,20H2,1-2H3,(H,21,24)/t10-,11+,12+/m0/s1. The molecule has 0 spiro atoms. The van der Waals surface area contributed by atoms with Gasteiger partial charge in [0.25, 0.3) is 0 Å². The number of nitrogens with two attached hydrogens (primary N) is 1. The third-order valence-electron chi connectivity index (χ3n) is 4.35. The lowest BCUT2D eigenvalue weighted by atomic mass is 9.83. The number of hydrogen-bond acceptors (Lipinski definition) is 5. The first-order chi connectivity index (χ1) is 11.7. The average molecular weight is 360 g/mol. The van der Waals surface area contributed by atoms with Crippen molar-refractivity contribution < 1.29 is 22.7 Å². The second-order valence-corrected chi connectivity index (χ2v) is 6.30. The number of aryl methyl sites for hydroxylation is 1. The number of nitrogens with one attached hydrogen (secondary N) is 1. The van der Waals surface area contributed by atoms with E-state index in [0.717, 1.165) is 6.07 Å². The normalized spacial score (nSPS) is 24.2. The van der Waals surface area contributed by atoms with Crippen LogP contribution in [0.4, 0.5) is 13.2 Å². The van der Waals surface area contributed by atoms with Gasteiger partial charge in [0.2, 0.25) is 5.91 Å². The zero-order chi connectivity index (χ0) is 18.6. The molecule has 3 atom stereocenters. The topological polar surface area (TPSA) is 90.1 Å². The Morgan fingerprint density at radius 3 is 2.72 bits per heavy atom. The number of amides is 1. The van der Waals surface area contributed by atoms with E-state index in [2.05, 4.69) is 15.3 Å². The molecule has 2 rings (SSSR count). The highest BCUT2D eigenvalue weighted by atomic mass is 19.4. The van der Waals surface area contributed by atoms with E-state index < -0.39 is 11.9 Å². The van der Waals surface area contributed by atoms with Gasteiger partial charge in [-0.1, -0.05) is 0 Å². The van der Waals surface area contributed by atoms with Crippen LogP contribution in [0.3, 0.4) is 0 Å². The summed E-state index contributed by atoms with van der Waals surface area (Å²) in [6.07, 6.45) is -2.49. The minimum absolute atomic E-state index is 0.0365. The molecular formula is C16H23F3N4O2. The van der Waals surface area contributed by atoms with E-state index in [0.29, 0.717) is 19.3 Å². The van der Waals surface area contributed by atoms with Gasteiger partial charge in [0, 0.05) is 37.7 Å². The van der Waals surface area contributed by atoms with Crippen LogP contribution in [0.15, 0.2) is 6.07 Å².